The molecule has 2 N–H and O–H groups in total. The molecule has 0 radical (unpaired) electrons. The van der Waals surface area contributed by atoms with Crippen molar-refractivity contribution in [2.75, 3.05) is 6.61 Å². The Bertz CT molecular complexity index is 611. The predicted octanol–water partition coefficient (Wildman–Crippen LogP) is 1.81. The second-order valence-corrected chi connectivity index (χ2v) is 4.15. The summed E-state index contributed by atoms with van der Waals surface area (Å²) in [6.45, 7) is 1.79. The van der Waals surface area contributed by atoms with Crippen LogP contribution in [0.5, 0.6) is 11.6 Å². The number of carboxylic acid groups (broad SMARTS) is 1. The van der Waals surface area contributed by atoms with E-state index < -0.39 is 5.97 Å². The molecule has 20 heavy (non-hydrogen) atoms. The van der Waals surface area contributed by atoms with Crippen LogP contribution >= 0.6 is 0 Å². The van der Waals surface area contributed by atoms with E-state index >= 15 is 0 Å². The van der Waals surface area contributed by atoms with E-state index in [1.54, 1.807) is 12.1 Å². The Morgan fingerprint density at radius 2 is 1.95 bits per heavy atom. The van der Waals surface area contributed by atoms with Gasteiger partial charge in [-0.25, -0.2) is 14.8 Å². The lowest BCUT2D eigenvalue weighted by atomic mass is 10.2. The number of carbonyl (C=O) groups is 1. The maximum absolute atomic E-state index is 10.8. The highest BCUT2D eigenvalue weighted by Crippen LogP contribution is 2.24. The van der Waals surface area contributed by atoms with Crippen LogP contribution in [0.4, 0.5) is 0 Å². The Morgan fingerprint density at radius 1 is 1.25 bits per heavy atom. The second kappa shape index (κ2) is 6.12. The minimum absolute atomic E-state index is 0.0253. The van der Waals surface area contributed by atoms with E-state index in [4.69, 9.17) is 14.9 Å². The van der Waals surface area contributed by atoms with Crippen molar-refractivity contribution in [3.8, 4) is 11.6 Å². The van der Waals surface area contributed by atoms with Crippen LogP contribution < -0.4 is 4.74 Å². The Hall–Kier alpha value is -2.47. The largest absolute Gasteiger partial charge is 0.478 e. The van der Waals surface area contributed by atoms with Gasteiger partial charge in [0.25, 0.3) is 0 Å². The SMILES string of the molecule is Cc1ncnc(Oc2ccc(C(=O)O)cc2)c1CCO. The van der Waals surface area contributed by atoms with Crippen LogP contribution in [-0.2, 0) is 6.42 Å². The summed E-state index contributed by atoms with van der Waals surface area (Å²) in [4.78, 5) is 18.9. The first-order valence-electron chi connectivity index (χ1n) is 6.04. The fourth-order valence-electron chi connectivity index (χ4n) is 1.74. The molecule has 0 fully saturated rings. The van der Waals surface area contributed by atoms with Gasteiger partial charge in [-0.15, -0.1) is 0 Å². The van der Waals surface area contributed by atoms with Crippen LogP contribution in [0.25, 0.3) is 0 Å². The van der Waals surface area contributed by atoms with Crippen molar-refractivity contribution >= 4 is 5.97 Å². The van der Waals surface area contributed by atoms with Crippen LogP contribution in [0.1, 0.15) is 21.6 Å². The van der Waals surface area contributed by atoms with Gasteiger partial charge in [0.1, 0.15) is 12.1 Å². The van der Waals surface area contributed by atoms with Crippen LogP contribution in [0.3, 0.4) is 0 Å². The lowest BCUT2D eigenvalue weighted by Gasteiger charge is -2.10. The van der Waals surface area contributed by atoms with E-state index in [1.165, 1.54) is 18.5 Å². The van der Waals surface area contributed by atoms with Gasteiger partial charge < -0.3 is 14.9 Å². The molecule has 0 saturated carbocycles. The zero-order valence-electron chi connectivity index (χ0n) is 10.9. The molecule has 0 aliphatic carbocycles. The molecule has 1 heterocycles. The van der Waals surface area contributed by atoms with Gasteiger partial charge >= 0.3 is 5.97 Å². The highest BCUT2D eigenvalue weighted by atomic mass is 16.5. The monoisotopic (exact) mass is 274 g/mol. The van der Waals surface area contributed by atoms with Gasteiger partial charge in [0.05, 0.1) is 5.56 Å². The van der Waals surface area contributed by atoms with Crippen LogP contribution in [0.2, 0.25) is 0 Å². The smallest absolute Gasteiger partial charge is 0.335 e. The van der Waals surface area contributed by atoms with E-state index in [0.717, 1.165) is 11.3 Å². The number of rotatable bonds is 5. The normalized spacial score (nSPS) is 10.3. The van der Waals surface area contributed by atoms with Gasteiger partial charge in [0.2, 0.25) is 5.88 Å². The summed E-state index contributed by atoms with van der Waals surface area (Å²) in [5.41, 5.74) is 1.66. The van der Waals surface area contributed by atoms with Crippen LogP contribution in [0.15, 0.2) is 30.6 Å². The Morgan fingerprint density at radius 3 is 2.55 bits per heavy atom. The first kappa shape index (κ1) is 14.0. The van der Waals surface area contributed by atoms with Crippen molar-refractivity contribution in [3.63, 3.8) is 0 Å². The molecule has 0 amide bonds. The number of aromatic nitrogens is 2. The summed E-state index contributed by atoms with van der Waals surface area (Å²) < 4.78 is 5.62. The average molecular weight is 274 g/mol. The van der Waals surface area contributed by atoms with Gasteiger partial charge in [0.15, 0.2) is 0 Å². The molecular formula is C14H14N2O4. The van der Waals surface area contributed by atoms with Crippen molar-refractivity contribution in [1.82, 2.24) is 9.97 Å². The summed E-state index contributed by atoms with van der Waals surface area (Å²) in [6, 6.07) is 6.03. The van der Waals surface area contributed by atoms with Crippen molar-refractivity contribution in [2.24, 2.45) is 0 Å². The van der Waals surface area contributed by atoms with E-state index in [9.17, 15) is 4.79 Å². The predicted molar refractivity (Wildman–Crippen MR) is 71.0 cm³/mol. The third kappa shape index (κ3) is 3.10. The van der Waals surface area contributed by atoms with E-state index in [1.807, 2.05) is 6.92 Å². The van der Waals surface area contributed by atoms with Crippen molar-refractivity contribution in [3.05, 3.63) is 47.4 Å². The first-order chi connectivity index (χ1) is 9.61. The summed E-state index contributed by atoms with van der Waals surface area (Å²) in [5.74, 6) is -0.141. The second-order valence-electron chi connectivity index (χ2n) is 4.15. The zero-order chi connectivity index (χ0) is 14.5. The third-order valence-corrected chi connectivity index (χ3v) is 2.80. The van der Waals surface area contributed by atoms with E-state index in [-0.39, 0.29) is 12.2 Å². The topological polar surface area (TPSA) is 92.5 Å². The molecule has 1 aromatic carbocycles. The zero-order valence-corrected chi connectivity index (χ0v) is 10.9. The molecule has 0 spiro atoms. The number of nitrogens with zero attached hydrogens (tertiary/aromatic N) is 2. The molecule has 0 unspecified atom stereocenters. The molecular weight excluding hydrogens is 260 g/mol. The number of benzene rings is 1. The Labute approximate surface area is 115 Å². The fourth-order valence-corrected chi connectivity index (χ4v) is 1.74. The van der Waals surface area contributed by atoms with Crippen LogP contribution in [0, 0.1) is 6.92 Å². The molecule has 0 aliphatic heterocycles. The summed E-state index contributed by atoms with van der Waals surface area (Å²) in [5, 5.41) is 17.9. The average Bonchev–Trinajstić information content (AvgIpc) is 2.43. The number of aliphatic hydroxyl groups excluding tert-OH is 1. The number of hydrogen-bond donors (Lipinski definition) is 2. The maximum Gasteiger partial charge on any atom is 0.335 e. The molecule has 0 bridgehead atoms. The molecule has 2 rings (SSSR count). The van der Waals surface area contributed by atoms with Crippen molar-refractivity contribution < 1.29 is 19.7 Å². The molecule has 2 aromatic rings. The number of aliphatic hydroxyl groups is 1. The van der Waals surface area contributed by atoms with Crippen molar-refractivity contribution in [2.45, 2.75) is 13.3 Å². The number of carboxylic acids is 1. The van der Waals surface area contributed by atoms with Gasteiger partial charge in [-0.2, -0.15) is 0 Å². The number of aryl methyl sites for hydroxylation is 1. The highest BCUT2D eigenvalue weighted by molar-refractivity contribution is 5.87. The number of ether oxygens (including phenoxy) is 1. The first-order valence-corrected chi connectivity index (χ1v) is 6.04. The summed E-state index contributed by atoms with van der Waals surface area (Å²) in [6.07, 6.45) is 1.78. The Balaban J connectivity index is 2.25. The Kier molecular flexibility index (Phi) is 4.27. The number of hydrogen-bond acceptors (Lipinski definition) is 5. The third-order valence-electron chi connectivity index (χ3n) is 2.80. The lowest BCUT2D eigenvalue weighted by Crippen LogP contribution is -2.02. The number of aromatic carboxylic acids is 1. The molecule has 0 atom stereocenters. The van der Waals surface area contributed by atoms with Gasteiger partial charge in [-0.1, -0.05) is 0 Å². The maximum atomic E-state index is 10.8. The van der Waals surface area contributed by atoms with E-state index in [2.05, 4.69) is 9.97 Å². The quantitative estimate of drug-likeness (QED) is 0.863. The minimum atomic E-state index is -0.990. The summed E-state index contributed by atoms with van der Waals surface area (Å²) in [7, 11) is 0. The van der Waals surface area contributed by atoms with Gasteiger partial charge in [-0.05, 0) is 31.2 Å². The molecule has 104 valence electrons. The standard InChI is InChI=1S/C14H14N2O4/c1-9-12(6-7-17)13(16-8-15-9)20-11-4-2-10(3-5-11)14(18)19/h2-5,8,17H,6-7H2,1H3,(H,18,19). The minimum Gasteiger partial charge on any atom is -0.478 e. The van der Waals surface area contributed by atoms with E-state index in [0.29, 0.717) is 18.1 Å². The molecule has 1 aromatic heterocycles. The van der Waals surface area contributed by atoms with Gasteiger partial charge in [-0.3, -0.25) is 0 Å². The summed E-state index contributed by atoms with van der Waals surface area (Å²) >= 11 is 0. The molecule has 0 saturated heterocycles. The molecule has 0 aliphatic rings. The lowest BCUT2D eigenvalue weighted by molar-refractivity contribution is 0.0697. The molecule has 6 nitrogen and oxygen atoms in total. The van der Waals surface area contributed by atoms with Gasteiger partial charge in [0, 0.05) is 24.3 Å². The molecule has 6 heteroatoms. The van der Waals surface area contributed by atoms with Crippen LogP contribution in [-0.4, -0.2) is 32.8 Å². The highest BCUT2D eigenvalue weighted by Gasteiger charge is 2.11. The van der Waals surface area contributed by atoms with Crippen molar-refractivity contribution in [1.29, 1.82) is 0 Å². The fraction of sp³-hybridized carbons (Fsp3) is 0.214.